The van der Waals surface area contributed by atoms with Crippen molar-refractivity contribution < 1.29 is 31.1 Å². The fourth-order valence-electron chi connectivity index (χ4n) is 3.03. The van der Waals surface area contributed by atoms with Gasteiger partial charge in [0.25, 0.3) is 5.91 Å². The highest BCUT2D eigenvalue weighted by Gasteiger charge is 2.26. The lowest BCUT2D eigenvalue weighted by Crippen LogP contribution is -2.40. The summed E-state index contributed by atoms with van der Waals surface area (Å²) in [4.78, 5) is 12.2. The molecule has 1 amide bonds. The van der Waals surface area contributed by atoms with Gasteiger partial charge in [0.05, 0.1) is 23.0 Å². The van der Waals surface area contributed by atoms with Crippen LogP contribution in [0.15, 0.2) is 58.3 Å². The van der Waals surface area contributed by atoms with Gasteiger partial charge in [-0.25, -0.2) is 21.6 Å². The molecule has 2 N–H and O–H groups in total. The van der Waals surface area contributed by atoms with Gasteiger partial charge < -0.3 is 14.8 Å². The van der Waals surface area contributed by atoms with Crippen LogP contribution in [0, 0.1) is 6.92 Å². The molecule has 1 saturated heterocycles. The van der Waals surface area contributed by atoms with Gasteiger partial charge in [0.15, 0.2) is 6.61 Å². The van der Waals surface area contributed by atoms with E-state index in [2.05, 4.69) is 10.0 Å². The first-order valence-electron chi connectivity index (χ1n) is 10.3. The minimum atomic E-state index is -3.65. The number of carbonyl (C=O) groups is 1. The Bertz CT molecular complexity index is 1140. The minimum absolute atomic E-state index is 0.0239. The van der Waals surface area contributed by atoms with E-state index in [9.17, 15) is 21.6 Å². The van der Waals surface area contributed by atoms with Gasteiger partial charge in [-0.2, -0.15) is 4.31 Å². The molecule has 0 radical (unpaired) electrons. The molecule has 10 nitrogen and oxygen atoms in total. The lowest BCUT2D eigenvalue weighted by Gasteiger charge is -2.26. The Morgan fingerprint density at radius 1 is 0.939 bits per heavy atom. The molecule has 2 aromatic carbocycles. The maximum absolute atomic E-state index is 12.6. The zero-order valence-corrected chi connectivity index (χ0v) is 19.8. The van der Waals surface area contributed by atoms with E-state index >= 15 is 0 Å². The topological polar surface area (TPSA) is 131 Å². The summed E-state index contributed by atoms with van der Waals surface area (Å²) < 4.78 is 64.0. The van der Waals surface area contributed by atoms with Gasteiger partial charge in [0.2, 0.25) is 20.0 Å². The van der Waals surface area contributed by atoms with E-state index in [4.69, 9.17) is 9.47 Å². The SMILES string of the molecule is Cc1ccc(S(=O)(=O)NCCNC(=O)COc2ccc(S(=O)(=O)N3CCOCC3)cc2)cc1. The minimum Gasteiger partial charge on any atom is -0.484 e. The van der Waals surface area contributed by atoms with Crippen LogP contribution in [0.5, 0.6) is 5.75 Å². The second-order valence-electron chi connectivity index (χ2n) is 7.34. The normalized spacial score (nSPS) is 15.2. The molecule has 0 spiro atoms. The molecule has 0 unspecified atom stereocenters. The predicted molar refractivity (Wildman–Crippen MR) is 121 cm³/mol. The van der Waals surface area contributed by atoms with Crippen molar-refractivity contribution in [1.82, 2.24) is 14.3 Å². The number of morpholine rings is 1. The smallest absolute Gasteiger partial charge is 0.257 e. The van der Waals surface area contributed by atoms with Crippen LogP contribution >= 0.6 is 0 Å². The summed E-state index contributed by atoms with van der Waals surface area (Å²) >= 11 is 0. The van der Waals surface area contributed by atoms with Gasteiger partial charge in [0, 0.05) is 26.2 Å². The number of ether oxygens (including phenoxy) is 2. The first-order chi connectivity index (χ1) is 15.7. The molecule has 0 atom stereocenters. The molecule has 1 aliphatic heterocycles. The number of nitrogens with one attached hydrogen (secondary N) is 2. The summed E-state index contributed by atoms with van der Waals surface area (Å²) in [5, 5.41) is 2.56. The van der Waals surface area contributed by atoms with E-state index in [1.807, 2.05) is 6.92 Å². The highest BCUT2D eigenvalue weighted by Crippen LogP contribution is 2.20. The maximum atomic E-state index is 12.6. The number of rotatable bonds is 10. The van der Waals surface area contributed by atoms with Crippen LogP contribution < -0.4 is 14.8 Å². The van der Waals surface area contributed by atoms with Crippen LogP contribution in [0.2, 0.25) is 0 Å². The fourth-order valence-corrected chi connectivity index (χ4v) is 5.47. The summed E-state index contributed by atoms with van der Waals surface area (Å²) in [7, 11) is -7.24. The molecule has 2 aromatic rings. The second-order valence-corrected chi connectivity index (χ2v) is 11.0. The molecule has 1 heterocycles. The third-order valence-electron chi connectivity index (χ3n) is 4.87. The highest BCUT2D eigenvalue weighted by atomic mass is 32.2. The van der Waals surface area contributed by atoms with Crippen molar-refractivity contribution in [3.8, 4) is 5.75 Å². The molecule has 0 aromatic heterocycles. The summed E-state index contributed by atoms with van der Waals surface area (Å²) in [5.41, 5.74) is 0.953. The first kappa shape index (κ1) is 25.1. The van der Waals surface area contributed by atoms with E-state index in [1.165, 1.54) is 40.7 Å². The van der Waals surface area contributed by atoms with Crippen molar-refractivity contribution in [2.75, 3.05) is 46.0 Å². The Kier molecular flexibility index (Phi) is 8.43. The van der Waals surface area contributed by atoms with E-state index in [-0.39, 0.29) is 29.5 Å². The zero-order chi connectivity index (χ0) is 23.9. The van der Waals surface area contributed by atoms with Crippen LogP contribution in [0.1, 0.15) is 5.56 Å². The van der Waals surface area contributed by atoms with Crippen LogP contribution in [0.25, 0.3) is 0 Å². The Morgan fingerprint density at radius 2 is 1.55 bits per heavy atom. The van der Waals surface area contributed by atoms with Crippen LogP contribution in [0.4, 0.5) is 0 Å². The number of benzene rings is 2. The van der Waals surface area contributed by atoms with Gasteiger partial charge in [-0.1, -0.05) is 17.7 Å². The van der Waals surface area contributed by atoms with Crippen LogP contribution in [-0.4, -0.2) is 73.0 Å². The molecule has 12 heteroatoms. The van der Waals surface area contributed by atoms with Crippen molar-refractivity contribution in [1.29, 1.82) is 0 Å². The number of hydrogen-bond acceptors (Lipinski definition) is 7. The summed E-state index contributed by atoms with van der Waals surface area (Å²) in [6.07, 6.45) is 0. The molecule has 1 fully saturated rings. The van der Waals surface area contributed by atoms with E-state index in [1.54, 1.807) is 12.1 Å². The molecule has 180 valence electrons. The van der Waals surface area contributed by atoms with Crippen molar-refractivity contribution in [2.45, 2.75) is 16.7 Å². The predicted octanol–water partition coefficient (Wildman–Crippen LogP) is 0.489. The van der Waals surface area contributed by atoms with Crippen molar-refractivity contribution >= 4 is 26.0 Å². The van der Waals surface area contributed by atoms with Crippen LogP contribution in [0.3, 0.4) is 0 Å². The molecule has 0 bridgehead atoms. The largest absolute Gasteiger partial charge is 0.484 e. The van der Waals surface area contributed by atoms with Gasteiger partial charge >= 0.3 is 0 Å². The van der Waals surface area contributed by atoms with Gasteiger partial charge in [-0.05, 0) is 43.3 Å². The molecule has 0 aliphatic carbocycles. The van der Waals surface area contributed by atoms with Crippen molar-refractivity contribution in [3.63, 3.8) is 0 Å². The fraction of sp³-hybridized carbons (Fsp3) is 0.381. The van der Waals surface area contributed by atoms with Gasteiger partial charge in [0.1, 0.15) is 5.75 Å². The third kappa shape index (κ3) is 6.98. The zero-order valence-electron chi connectivity index (χ0n) is 18.2. The lowest BCUT2D eigenvalue weighted by molar-refractivity contribution is -0.123. The number of amides is 1. The lowest BCUT2D eigenvalue weighted by atomic mass is 10.2. The Balaban J connectivity index is 1.41. The molecule has 0 saturated carbocycles. The first-order valence-corrected chi connectivity index (χ1v) is 13.2. The van der Waals surface area contributed by atoms with E-state index < -0.39 is 26.0 Å². The Labute approximate surface area is 194 Å². The van der Waals surface area contributed by atoms with Gasteiger partial charge in [-0.15, -0.1) is 0 Å². The molecular weight excluding hydrogens is 470 g/mol. The van der Waals surface area contributed by atoms with Crippen LogP contribution in [-0.2, 0) is 29.6 Å². The summed E-state index contributed by atoms with van der Waals surface area (Å²) in [6.45, 7) is 3.03. The third-order valence-corrected chi connectivity index (χ3v) is 8.26. The maximum Gasteiger partial charge on any atom is 0.257 e. The number of hydrogen-bond donors (Lipinski definition) is 2. The number of aryl methyl sites for hydroxylation is 1. The average molecular weight is 498 g/mol. The average Bonchev–Trinajstić information content (AvgIpc) is 2.81. The second kappa shape index (κ2) is 11.1. The van der Waals surface area contributed by atoms with E-state index in [0.717, 1.165) is 5.56 Å². The molecule has 1 aliphatic rings. The standard InChI is InChI=1S/C21H27N3O7S2/c1-17-2-6-19(7-3-17)32(26,27)23-11-10-22-21(25)16-31-18-4-8-20(9-5-18)33(28,29)24-12-14-30-15-13-24/h2-9,23H,10-16H2,1H3,(H,22,25). The monoisotopic (exact) mass is 497 g/mol. The number of sulfonamides is 2. The molecule has 33 heavy (non-hydrogen) atoms. The summed E-state index contributed by atoms with van der Waals surface area (Å²) in [5.74, 6) is -0.0966. The highest BCUT2D eigenvalue weighted by molar-refractivity contribution is 7.89. The van der Waals surface area contributed by atoms with E-state index in [0.29, 0.717) is 32.1 Å². The summed E-state index contributed by atoms with van der Waals surface area (Å²) in [6, 6.07) is 12.3. The van der Waals surface area contributed by atoms with Crippen molar-refractivity contribution in [2.24, 2.45) is 0 Å². The molecule has 3 rings (SSSR count). The number of carbonyl (C=O) groups excluding carboxylic acids is 1. The molecular formula is C21H27N3O7S2. The Hall–Kier alpha value is -2.51. The van der Waals surface area contributed by atoms with Crippen molar-refractivity contribution in [3.05, 3.63) is 54.1 Å². The quantitative estimate of drug-likeness (QED) is 0.457. The number of nitrogens with zero attached hydrogens (tertiary/aromatic N) is 1. The van der Waals surface area contributed by atoms with Gasteiger partial charge in [-0.3, -0.25) is 4.79 Å². The Morgan fingerprint density at radius 3 is 2.18 bits per heavy atom.